The van der Waals surface area contributed by atoms with E-state index in [0.29, 0.717) is 45.1 Å². The highest BCUT2D eigenvalue weighted by Gasteiger charge is 2.34. The van der Waals surface area contributed by atoms with Gasteiger partial charge in [0.15, 0.2) is 5.96 Å². The molecule has 10 heteroatoms. The Kier molecular flexibility index (Phi) is 9.20. The van der Waals surface area contributed by atoms with Gasteiger partial charge in [-0.2, -0.15) is 13.2 Å². The first-order valence-corrected chi connectivity index (χ1v) is 10.0. The minimum Gasteiger partial charge on any atom is -0.357 e. The summed E-state index contributed by atoms with van der Waals surface area (Å²) < 4.78 is 37.7. The molecule has 1 fully saturated rings. The van der Waals surface area contributed by atoms with Gasteiger partial charge in [0.25, 0.3) is 0 Å². The second kappa shape index (κ2) is 11.2. The van der Waals surface area contributed by atoms with Crippen LogP contribution in [-0.4, -0.2) is 73.2 Å². The van der Waals surface area contributed by atoms with E-state index in [1.165, 1.54) is 10.5 Å². The minimum atomic E-state index is -4.19. The van der Waals surface area contributed by atoms with E-state index in [9.17, 15) is 18.0 Å². The topological polar surface area (TPSA) is 60.0 Å². The van der Waals surface area contributed by atoms with Crippen molar-refractivity contribution in [2.75, 3.05) is 39.3 Å². The number of hydrogen-bond donors (Lipinski definition) is 2. The molecule has 2 heterocycles. The highest BCUT2D eigenvalue weighted by atomic mass is 127. The fourth-order valence-electron chi connectivity index (χ4n) is 3.82. The monoisotopic (exact) mass is 539 g/mol. The Bertz CT molecular complexity index is 743. The van der Waals surface area contributed by atoms with Crippen molar-refractivity contribution in [3.63, 3.8) is 0 Å². The Labute approximate surface area is 192 Å². The fourth-order valence-corrected chi connectivity index (χ4v) is 3.82. The molecule has 3 rings (SSSR count). The van der Waals surface area contributed by atoms with E-state index in [1.54, 1.807) is 4.90 Å². The van der Waals surface area contributed by atoms with Gasteiger partial charge in [-0.25, -0.2) is 4.99 Å². The zero-order valence-corrected chi connectivity index (χ0v) is 19.4. The standard InChI is InChI=1S/C20H28F3N5O.HI/c1-2-24-19(26-17-8-9-27(13-17)14-20(21,22)23)25-11-18(29)28-10-7-15-5-3-4-6-16(15)12-28;/h3-6,17H,2,7-14H2,1H3,(H2,24,25,26);1H. The summed E-state index contributed by atoms with van der Waals surface area (Å²) in [6.45, 7) is 3.59. The molecule has 1 aromatic rings. The third-order valence-corrected chi connectivity index (χ3v) is 5.22. The molecule has 1 aromatic carbocycles. The van der Waals surface area contributed by atoms with Gasteiger partial charge in [-0.3, -0.25) is 9.69 Å². The number of nitrogens with zero attached hydrogens (tertiary/aromatic N) is 3. The van der Waals surface area contributed by atoms with Gasteiger partial charge in [0.1, 0.15) is 6.54 Å². The summed E-state index contributed by atoms with van der Waals surface area (Å²) in [4.78, 5) is 20.2. The molecule has 0 aromatic heterocycles. The van der Waals surface area contributed by atoms with Crippen LogP contribution in [0, 0.1) is 0 Å². The summed E-state index contributed by atoms with van der Waals surface area (Å²) in [6, 6.07) is 7.99. The molecule has 2 N–H and O–H groups in total. The first kappa shape index (κ1) is 24.7. The number of nitrogens with one attached hydrogen (secondary N) is 2. The lowest BCUT2D eigenvalue weighted by Crippen LogP contribution is -2.46. The van der Waals surface area contributed by atoms with Crippen molar-refractivity contribution in [1.29, 1.82) is 0 Å². The highest BCUT2D eigenvalue weighted by molar-refractivity contribution is 14.0. The van der Waals surface area contributed by atoms with Crippen molar-refractivity contribution in [3.8, 4) is 0 Å². The van der Waals surface area contributed by atoms with Gasteiger partial charge < -0.3 is 15.5 Å². The van der Waals surface area contributed by atoms with Gasteiger partial charge in [0, 0.05) is 38.8 Å². The van der Waals surface area contributed by atoms with Crippen LogP contribution in [0.4, 0.5) is 13.2 Å². The van der Waals surface area contributed by atoms with Crippen LogP contribution in [0.1, 0.15) is 24.5 Å². The molecule has 0 bridgehead atoms. The summed E-state index contributed by atoms with van der Waals surface area (Å²) >= 11 is 0. The Morgan fingerprint density at radius 1 is 1.23 bits per heavy atom. The Balaban J connectivity index is 0.00000320. The zero-order chi connectivity index (χ0) is 20.9. The molecule has 168 valence electrons. The van der Waals surface area contributed by atoms with Gasteiger partial charge in [-0.1, -0.05) is 24.3 Å². The van der Waals surface area contributed by atoms with E-state index in [0.717, 1.165) is 12.0 Å². The van der Waals surface area contributed by atoms with Gasteiger partial charge in [-0.05, 0) is 30.9 Å². The first-order valence-electron chi connectivity index (χ1n) is 10.0. The SMILES string of the molecule is CCNC(=NCC(=O)N1CCc2ccccc2C1)NC1CCN(CC(F)(F)F)C1.I. The minimum absolute atomic E-state index is 0. The number of rotatable bonds is 5. The van der Waals surface area contributed by atoms with E-state index in [-0.39, 0.29) is 42.5 Å². The molecule has 6 nitrogen and oxygen atoms in total. The number of likely N-dealkylation sites (tertiary alicyclic amines) is 1. The average molecular weight is 539 g/mol. The second-order valence-corrected chi connectivity index (χ2v) is 7.51. The molecule has 1 amide bonds. The van der Waals surface area contributed by atoms with Crippen LogP contribution in [0.25, 0.3) is 0 Å². The normalized spacial score (nSPS) is 19.8. The van der Waals surface area contributed by atoms with Crippen molar-refractivity contribution >= 4 is 35.8 Å². The maximum Gasteiger partial charge on any atom is 0.401 e. The number of carbonyl (C=O) groups excluding carboxylic acids is 1. The van der Waals surface area contributed by atoms with Crippen LogP contribution < -0.4 is 10.6 Å². The lowest BCUT2D eigenvalue weighted by Gasteiger charge is -2.28. The number of amides is 1. The number of carbonyl (C=O) groups is 1. The smallest absolute Gasteiger partial charge is 0.357 e. The molecule has 2 aliphatic rings. The Morgan fingerprint density at radius 3 is 2.67 bits per heavy atom. The zero-order valence-electron chi connectivity index (χ0n) is 17.0. The van der Waals surface area contributed by atoms with Crippen molar-refractivity contribution in [2.45, 2.75) is 38.5 Å². The van der Waals surface area contributed by atoms with Gasteiger partial charge >= 0.3 is 6.18 Å². The number of guanidine groups is 1. The van der Waals surface area contributed by atoms with E-state index >= 15 is 0 Å². The average Bonchev–Trinajstić information content (AvgIpc) is 3.10. The molecule has 0 saturated carbocycles. The predicted molar refractivity (Wildman–Crippen MR) is 121 cm³/mol. The molecule has 1 unspecified atom stereocenters. The Hall–Kier alpha value is -1.56. The van der Waals surface area contributed by atoms with Gasteiger partial charge in [0.2, 0.25) is 5.91 Å². The highest BCUT2D eigenvalue weighted by Crippen LogP contribution is 2.20. The third kappa shape index (κ3) is 7.29. The number of hydrogen-bond acceptors (Lipinski definition) is 3. The molecule has 0 aliphatic carbocycles. The molecule has 0 radical (unpaired) electrons. The predicted octanol–water partition coefficient (Wildman–Crippen LogP) is 2.38. The number of fused-ring (bicyclic) bond motifs is 1. The summed E-state index contributed by atoms with van der Waals surface area (Å²) in [6.07, 6.45) is -2.74. The maximum absolute atomic E-state index is 12.6. The van der Waals surface area contributed by atoms with Crippen LogP contribution in [-0.2, 0) is 17.8 Å². The van der Waals surface area contributed by atoms with Crippen molar-refractivity contribution < 1.29 is 18.0 Å². The van der Waals surface area contributed by atoms with E-state index in [4.69, 9.17) is 0 Å². The van der Waals surface area contributed by atoms with Crippen LogP contribution in [0.15, 0.2) is 29.3 Å². The maximum atomic E-state index is 12.6. The van der Waals surface area contributed by atoms with Crippen LogP contribution in [0.3, 0.4) is 0 Å². The largest absolute Gasteiger partial charge is 0.401 e. The number of benzene rings is 1. The van der Waals surface area contributed by atoms with Crippen LogP contribution in [0.5, 0.6) is 0 Å². The van der Waals surface area contributed by atoms with Gasteiger partial charge in [0.05, 0.1) is 6.54 Å². The van der Waals surface area contributed by atoms with Gasteiger partial charge in [-0.15, -0.1) is 24.0 Å². The summed E-state index contributed by atoms with van der Waals surface area (Å²) in [5.74, 6) is 0.416. The van der Waals surface area contributed by atoms with Crippen LogP contribution >= 0.6 is 24.0 Å². The van der Waals surface area contributed by atoms with Crippen LogP contribution in [0.2, 0.25) is 0 Å². The van der Waals surface area contributed by atoms with Crippen molar-refractivity contribution in [2.24, 2.45) is 4.99 Å². The number of aliphatic imine (C=N–C) groups is 1. The second-order valence-electron chi connectivity index (χ2n) is 7.51. The molecular weight excluding hydrogens is 510 g/mol. The molecule has 1 atom stereocenters. The quantitative estimate of drug-likeness (QED) is 0.343. The molecule has 1 saturated heterocycles. The molecule has 2 aliphatic heterocycles. The summed E-state index contributed by atoms with van der Waals surface area (Å²) in [7, 11) is 0. The molecule has 30 heavy (non-hydrogen) atoms. The Morgan fingerprint density at radius 2 is 1.97 bits per heavy atom. The number of alkyl halides is 3. The third-order valence-electron chi connectivity index (χ3n) is 5.22. The molecule has 0 spiro atoms. The first-order chi connectivity index (χ1) is 13.8. The van der Waals surface area contributed by atoms with E-state index < -0.39 is 12.7 Å². The summed E-state index contributed by atoms with van der Waals surface area (Å²) in [5.41, 5.74) is 2.44. The van der Waals surface area contributed by atoms with E-state index in [2.05, 4.69) is 21.7 Å². The lowest BCUT2D eigenvalue weighted by molar-refractivity contribution is -0.143. The molecular formula is C20H29F3IN5O. The summed E-state index contributed by atoms with van der Waals surface area (Å²) in [5, 5.41) is 6.24. The van der Waals surface area contributed by atoms with Crippen molar-refractivity contribution in [1.82, 2.24) is 20.4 Å². The van der Waals surface area contributed by atoms with Crippen molar-refractivity contribution in [3.05, 3.63) is 35.4 Å². The van der Waals surface area contributed by atoms with E-state index in [1.807, 2.05) is 25.1 Å². The fraction of sp³-hybridized carbons (Fsp3) is 0.600. The lowest BCUT2D eigenvalue weighted by atomic mass is 10.00. The number of halogens is 4.